The highest BCUT2D eigenvalue weighted by Gasteiger charge is 2.46. The van der Waals surface area contributed by atoms with Crippen LogP contribution in [-0.4, -0.2) is 64.9 Å². The molecule has 0 bridgehead atoms. The molecule has 0 aromatic heterocycles. The van der Waals surface area contributed by atoms with Crippen LogP contribution in [0.1, 0.15) is 61.8 Å². The molecule has 2 amide bonds. The van der Waals surface area contributed by atoms with Crippen LogP contribution in [0.2, 0.25) is 0 Å². The topological polar surface area (TPSA) is 105 Å². The number of carbonyl (C=O) groups is 3. The van der Waals surface area contributed by atoms with Crippen molar-refractivity contribution in [2.75, 3.05) is 13.2 Å². The number of hydrogen-bond donors (Lipinski definition) is 2. The molecule has 8 heteroatoms. The Balaban J connectivity index is 2.99. The van der Waals surface area contributed by atoms with Crippen LogP contribution in [0, 0.1) is 11.3 Å². The van der Waals surface area contributed by atoms with E-state index in [1.807, 2.05) is 55.4 Å². The molecule has 1 aliphatic heterocycles. The molecule has 1 aliphatic rings. The van der Waals surface area contributed by atoms with Gasteiger partial charge in [-0.05, 0) is 32.1 Å². The van der Waals surface area contributed by atoms with Crippen LogP contribution in [0.3, 0.4) is 0 Å². The van der Waals surface area contributed by atoms with E-state index in [0.717, 1.165) is 0 Å². The van der Waals surface area contributed by atoms with Crippen molar-refractivity contribution in [2.45, 2.75) is 85.6 Å². The van der Waals surface area contributed by atoms with Gasteiger partial charge in [0.15, 0.2) is 0 Å². The molecule has 8 nitrogen and oxygen atoms in total. The van der Waals surface area contributed by atoms with Crippen molar-refractivity contribution in [3.8, 4) is 0 Å². The van der Waals surface area contributed by atoms with Crippen molar-refractivity contribution in [1.29, 1.82) is 0 Å². The van der Waals surface area contributed by atoms with Gasteiger partial charge in [-0.2, -0.15) is 0 Å². The third-order valence-corrected chi connectivity index (χ3v) is 4.27. The maximum Gasteiger partial charge on any atom is 0.407 e. The van der Waals surface area contributed by atoms with Crippen LogP contribution in [0.15, 0.2) is 0 Å². The number of nitrogens with one attached hydrogen (secondary N) is 1. The first-order valence-electron chi connectivity index (χ1n) is 9.76. The first-order valence-corrected chi connectivity index (χ1v) is 9.76. The monoisotopic (exact) mass is 400 g/mol. The number of alkyl carbamates (subject to hydrolysis) is 1. The lowest BCUT2D eigenvalue weighted by Gasteiger charge is -2.34. The molecule has 0 aliphatic carbocycles. The molecule has 0 saturated carbocycles. The SMILES string of the molecule is CC(C)COC(=O)N[C@H](C(=O)N1C[C@H](OC(C)(C)C)C[C@H]1C(=O)O)C(C)(C)C. The summed E-state index contributed by atoms with van der Waals surface area (Å²) in [6.07, 6.45) is -0.846. The molecule has 0 radical (unpaired) electrons. The van der Waals surface area contributed by atoms with Gasteiger partial charge in [0.25, 0.3) is 0 Å². The number of rotatable bonds is 6. The van der Waals surface area contributed by atoms with Crippen molar-refractivity contribution in [2.24, 2.45) is 11.3 Å². The minimum atomic E-state index is -1.08. The third kappa shape index (κ3) is 7.30. The largest absolute Gasteiger partial charge is 0.480 e. The first kappa shape index (κ1) is 24.2. The predicted molar refractivity (Wildman–Crippen MR) is 105 cm³/mol. The summed E-state index contributed by atoms with van der Waals surface area (Å²) >= 11 is 0. The molecule has 0 unspecified atom stereocenters. The summed E-state index contributed by atoms with van der Waals surface area (Å²) in [4.78, 5) is 38.4. The van der Waals surface area contributed by atoms with Gasteiger partial charge in [0.05, 0.1) is 18.3 Å². The van der Waals surface area contributed by atoms with Crippen molar-refractivity contribution < 1.29 is 29.0 Å². The Bertz CT molecular complexity index is 576. The number of aliphatic carboxylic acids is 1. The van der Waals surface area contributed by atoms with Crippen molar-refractivity contribution >= 4 is 18.0 Å². The summed E-state index contributed by atoms with van der Waals surface area (Å²) in [5.74, 6) is -1.36. The Morgan fingerprint density at radius 3 is 2.14 bits per heavy atom. The average Bonchev–Trinajstić information content (AvgIpc) is 2.90. The number of carboxylic acids is 1. The van der Waals surface area contributed by atoms with Crippen LogP contribution in [0.5, 0.6) is 0 Å². The minimum absolute atomic E-state index is 0.166. The lowest BCUT2D eigenvalue weighted by Crippen LogP contribution is -2.57. The molecule has 28 heavy (non-hydrogen) atoms. The van der Waals surface area contributed by atoms with Crippen LogP contribution in [0.4, 0.5) is 4.79 Å². The van der Waals surface area contributed by atoms with E-state index in [9.17, 15) is 19.5 Å². The number of amides is 2. The number of nitrogens with zero attached hydrogens (tertiary/aromatic N) is 1. The quantitative estimate of drug-likeness (QED) is 0.710. The van der Waals surface area contributed by atoms with Gasteiger partial charge in [-0.1, -0.05) is 34.6 Å². The fourth-order valence-electron chi connectivity index (χ4n) is 3.08. The summed E-state index contributed by atoms with van der Waals surface area (Å²) in [5.41, 5.74) is -1.07. The average molecular weight is 401 g/mol. The van der Waals surface area contributed by atoms with E-state index in [0.29, 0.717) is 0 Å². The van der Waals surface area contributed by atoms with E-state index in [-0.39, 0.29) is 31.6 Å². The molecule has 162 valence electrons. The van der Waals surface area contributed by atoms with Gasteiger partial charge in [-0.15, -0.1) is 0 Å². The van der Waals surface area contributed by atoms with Gasteiger partial charge >= 0.3 is 12.1 Å². The number of carboxylic acid groups (broad SMARTS) is 1. The molecule has 1 heterocycles. The van der Waals surface area contributed by atoms with Crippen molar-refractivity contribution in [3.63, 3.8) is 0 Å². The number of carbonyl (C=O) groups excluding carboxylic acids is 2. The summed E-state index contributed by atoms with van der Waals surface area (Å²) in [7, 11) is 0. The van der Waals surface area contributed by atoms with Gasteiger partial charge in [0.1, 0.15) is 12.1 Å². The number of ether oxygens (including phenoxy) is 2. The fourth-order valence-corrected chi connectivity index (χ4v) is 3.08. The second kappa shape index (κ2) is 9.11. The number of likely N-dealkylation sites (tertiary alicyclic amines) is 1. The van der Waals surface area contributed by atoms with E-state index in [1.165, 1.54) is 4.90 Å². The van der Waals surface area contributed by atoms with Gasteiger partial charge in [0, 0.05) is 13.0 Å². The van der Waals surface area contributed by atoms with E-state index >= 15 is 0 Å². The standard InChI is InChI=1S/C20H36N2O6/c1-12(2)11-27-18(26)21-15(19(3,4)5)16(23)22-10-13(28-20(6,7)8)9-14(22)17(24)25/h12-15H,9-11H2,1-8H3,(H,21,26)(H,24,25)/t13-,14+,15-/m1/s1. The Morgan fingerprint density at radius 2 is 1.71 bits per heavy atom. The van der Waals surface area contributed by atoms with Gasteiger partial charge in [-0.25, -0.2) is 9.59 Å². The zero-order valence-corrected chi connectivity index (χ0v) is 18.4. The maximum atomic E-state index is 13.2. The molecular formula is C20H36N2O6. The third-order valence-electron chi connectivity index (χ3n) is 4.27. The van der Waals surface area contributed by atoms with E-state index in [1.54, 1.807) is 0 Å². The zero-order chi connectivity index (χ0) is 21.9. The smallest absolute Gasteiger partial charge is 0.407 e. The highest BCUT2D eigenvalue weighted by molar-refractivity contribution is 5.90. The molecule has 0 aromatic carbocycles. The second-order valence-corrected chi connectivity index (χ2v) is 9.87. The van der Waals surface area contributed by atoms with Crippen LogP contribution < -0.4 is 5.32 Å². The second-order valence-electron chi connectivity index (χ2n) is 9.87. The van der Waals surface area contributed by atoms with Gasteiger partial charge in [-0.3, -0.25) is 4.79 Å². The van der Waals surface area contributed by atoms with Gasteiger partial charge in [0.2, 0.25) is 5.91 Å². The van der Waals surface area contributed by atoms with Crippen LogP contribution in [0.25, 0.3) is 0 Å². The molecule has 1 rings (SSSR count). The highest BCUT2D eigenvalue weighted by Crippen LogP contribution is 2.29. The fraction of sp³-hybridized carbons (Fsp3) is 0.850. The molecule has 0 spiro atoms. The highest BCUT2D eigenvalue weighted by atomic mass is 16.5. The maximum absolute atomic E-state index is 13.2. The lowest BCUT2D eigenvalue weighted by molar-refractivity contribution is -0.150. The molecule has 1 saturated heterocycles. The normalized spacial score (nSPS) is 21.5. The summed E-state index contributed by atoms with van der Waals surface area (Å²) in [6.45, 7) is 15.3. The van der Waals surface area contributed by atoms with E-state index in [2.05, 4.69) is 5.32 Å². The Hall–Kier alpha value is -1.83. The zero-order valence-electron chi connectivity index (χ0n) is 18.4. The first-order chi connectivity index (χ1) is 12.6. The van der Waals surface area contributed by atoms with E-state index in [4.69, 9.17) is 9.47 Å². The summed E-state index contributed by atoms with van der Waals surface area (Å²) in [5, 5.41) is 12.2. The lowest BCUT2D eigenvalue weighted by atomic mass is 9.85. The predicted octanol–water partition coefficient (Wildman–Crippen LogP) is 2.65. The van der Waals surface area contributed by atoms with Crippen molar-refractivity contribution in [3.05, 3.63) is 0 Å². The molecular weight excluding hydrogens is 364 g/mol. The number of hydrogen-bond acceptors (Lipinski definition) is 5. The summed E-state index contributed by atoms with van der Waals surface area (Å²) in [6, 6.07) is -1.90. The van der Waals surface area contributed by atoms with Crippen molar-refractivity contribution in [1.82, 2.24) is 10.2 Å². The Morgan fingerprint density at radius 1 is 1.14 bits per heavy atom. The Kier molecular flexibility index (Phi) is 7.88. The van der Waals surface area contributed by atoms with E-state index < -0.39 is 41.1 Å². The molecule has 2 N–H and O–H groups in total. The van der Waals surface area contributed by atoms with Crippen LogP contribution in [-0.2, 0) is 19.1 Å². The molecule has 1 fully saturated rings. The summed E-state index contributed by atoms with van der Waals surface area (Å²) < 4.78 is 11.0. The molecule has 3 atom stereocenters. The Labute approximate surface area is 167 Å². The van der Waals surface area contributed by atoms with Gasteiger partial charge < -0.3 is 24.8 Å². The molecule has 0 aromatic rings. The minimum Gasteiger partial charge on any atom is -0.480 e. The van der Waals surface area contributed by atoms with Crippen LogP contribution >= 0.6 is 0 Å².